The molecule has 0 saturated carbocycles. The summed E-state index contributed by atoms with van der Waals surface area (Å²) in [7, 11) is 0. The van der Waals surface area contributed by atoms with Crippen LogP contribution < -0.4 is 11.1 Å². The van der Waals surface area contributed by atoms with Crippen molar-refractivity contribution in [2.24, 2.45) is 5.73 Å². The van der Waals surface area contributed by atoms with E-state index in [0.29, 0.717) is 18.7 Å². The Balaban J connectivity index is 2.11. The van der Waals surface area contributed by atoms with Crippen molar-refractivity contribution >= 4 is 22.7 Å². The molecule has 0 aliphatic carbocycles. The lowest BCUT2D eigenvalue weighted by atomic mass is 10.2. The Morgan fingerprint density at radius 2 is 2.05 bits per heavy atom. The van der Waals surface area contributed by atoms with Crippen molar-refractivity contribution in [1.82, 2.24) is 9.88 Å². The highest BCUT2D eigenvalue weighted by Crippen LogP contribution is 2.19. The van der Waals surface area contributed by atoms with E-state index in [1.54, 1.807) is 0 Å². The minimum atomic E-state index is -0.345. The van der Waals surface area contributed by atoms with Gasteiger partial charge in [0.2, 0.25) is 5.91 Å². The molecule has 2 rings (SSSR count). The summed E-state index contributed by atoms with van der Waals surface area (Å²) in [6, 6.07) is 9.80. The molecule has 2 amide bonds. The summed E-state index contributed by atoms with van der Waals surface area (Å²) in [5, 5.41) is 3.87. The normalized spacial score (nSPS) is 10.7. The lowest BCUT2D eigenvalue weighted by Gasteiger charge is -2.08. The Labute approximate surface area is 117 Å². The van der Waals surface area contributed by atoms with Crippen LogP contribution in [-0.2, 0) is 11.3 Å². The Kier molecular flexibility index (Phi) is 4.40. The van der Waals surface area contributed by atoms with Crippen molar-refractivity contribution in [2.75, 3.05) is 6.54 Å². The standard InChI is InChI=1S/C15H19N3O2/c1-2-18-12-7-4-3-6-11(12)10-13(18)15(20)17-9-5-8-14(16)19/h3-4,6-7,10H,2,5,8-9H2,1H3,(H2,16,19)(H,17,20). The van der Waals surface area contributed by atoms with Crippen LogP contribution in [0.5, 0.6) is 0 Å². The average molecular weight is 273 g/mol. The molecule has 5 heteroatoms. The van der Waals surface area contributed by atoms with Gasteiger partial charge in [0.25, 0.3) is 5.91 Å². The van der Waals surface area contributed by atoms with Gasteiger partial charge in [0, 0.05) is 30.4 Å². The van der Waals surface area contributed by atoms with Crippen molar-refractivity contribution in [3.8, 4) is 0 Å². The zero-order valence-electron chi connectivity index (χ0n) is 11.6. The number of amides is 2. The molecule has 5 nitrogen and oxygen atoms in total. The zero-order valence-corrected chi connectivity index (χ0v) is 11.6. The average Bonchev–Trinajstić information content (AvgIpc) is 2.81. The van der Waals surface area contributed by atoms with E-state index in [1.807, 2.05) is 41.8 Å². The van der Waals surface area contributed by atoms with Crippen LogP contribution in [0.4, 0.5) is 0 Å². The largest absolute Gasteiger partial charge is 0.370 e. The Hall–Kier alpha value is -2.30. The molecular weight excluding hydrogens is 254 g/mol. The monoisotopic (exact) mass is 273 g/mol. The van der Waals surface area contributed by atoms with E-state index < -0.39 is 0 Å². The number of nitrogens with zero attached hydrogens (tertiary/aromatic N) is 1. The molecule has 0 saturated heterocycles. The molecule has 0 unspecified atom stereocenters. The maximum Gasteiger partial charge on any atom is 0.267 e. The van der Waals surface area contributed by atoms with Gasteiger partial charge in [-0.1, -0.05) is 18.2 Å². The molecule has 0 fully saturated rings. The molecular formula is C15H19N3O2. The summed E-state index contributed by atoms with van der Waals surface area (Å²) in [6.45, 7) is 3.20. The van der Waals surface area contributed by atoms with Crippen LogP contribution in [0.2, 0.25) is 0 Å². The number of aryl methyl sites for hydroxylation is 1. The molecule has 106 valence electrons. The van der Waals surface area contributed by atoms with E-state index in [2.05, 4.69) is 5.32 Å². The minimum Gasteiger partial charge on any atom is -0.370 e. The molecule has 0 spiro atoms. The number of hydrogen-bond donors (Lipinski definition) is 2. The molecule has 1 heterocycles. The third kappa shape index (κ3) is 2.99. The van der Waals surface area contributed by atoms with Crippen LogP contribution >= 0.6 is 0 Å². The maximum atomic E-state index is 12.2. The molecule has 1 aromatic heterocycles. The highest BCUT2D eigenvalue weighted by atomic mass is 16.2. The van der Waals surface area contributed by atoms with Gasteiger partial charge in [-0.25, -0.2) is 0 Å². The first-order valence-electron chi connectivity index (χ1n) is 6.78. The predicted octanol–water partition coefficient (Wildman–Crippen LogP) is 1.66. The molecule has 0 atom stereocenters. The maximum absolute atomic E-state index is 12.2. The van der Waals surface area contributed by atoms with Crippen molar-refractivity contribution in [2.45, 2.75) is 26.3 Å². The first-order chi connectivity index (χ1) is 9.63. The number of nitrogens with one attached hydrogen (secondary N) is 1. The number of carbonyl (C=O) groups excluding carboxylic acids is 2. The number of nitrogens with two attached hydrogens (primary N) is 1. The van der Waals surface area contributed by atoms with Crippen LogP contribution in [0, 0.1) is 0 Å². The van der Waals surface area contributed by atoms with Crippen molar-refractivity contribution < 1.29 is 9.59 Å². The molecule has 0 radical (unpaired) electrons. The quantitative estimate of drug-likeness (QED) is 0.785. The van der Waals surface area contributed by atoms with Gasteiger partial charge in [0.1, 0.15) is 5.69 Å². The number of para-hydroxylation sites is 1. The highest BCUT2D eigenvalue weighted by Gasteiger charge is 2.13. The van der Waals surface area contributed by atoms with Gasteiger partial charge < -0.3 is 15.6 Å². The lowest BCUT2D eigenvalue weighted by Crippen LogP contribution is -2.27. The Morgan fingerprint density at radius 1 is 1.30 bits per heavy atom. The number of aromatic nitrogens is 1. The predicted molar refractivity (Wildman–Crippen MR) is 78.4 cm³/mol. The topological polar surface area (TPSA) is 77.1 Å². The van der Waals surface area contributed by atoms with Gasteiger partial charge in [-0.15, -0.1) is 0 Å². The van der Waals surface area contributed by atoms with Crippen LogP contribution in [-0.4, -0.2) is 22.9 Å². The van der Waals surface area contributed by atoms with Gasteiger partial charge in [-0.05, 0) is 25.5 Å². The zero-order chi connectivity index (χ0) is 14.5. The second-order valence-electron chi connectivity index (χ2n) is 4.66. The number of rotatable bonds is 6. The molecule has 2 aromatic rings. The van der Waals surface area contributed by atoms with Crippen LogP contribution in [0.15, 0.2) is 30.3 Å². The van der Waals surface area contributed by atoms with E-state index in [4.69, 9.17) is 5.73 Å². The molecule has 0 aliphatic heterocycles. The van der Waals surface area contributed by atoms with Crippen molar-refractivity contribution in [3.05, 3.63) is 36.0 Å². The first kappa shape index (κ1) is 14.1. The van der Waals surface area contributed by atoms with Crippen molar-refractivity contribution in [1.29, 1.82) is 0 Å². The Morgan fingerprint density at radius 3 is 2.75 bits per heavy atom. The number of fused-ring (bicyclic) bond motifs is 1. The molecule has 1 aromatic carbocycles. The Bertz CT molecular complexity index is 631. The smallest absolute Gasteiger partial charge is 0.267 e. The third-order valence-electron chi connectivity index (χ3n) is 3.24. The van der Waals surface area contributed by atoms with Gasteiger partial charge in [-0.2, -0.15) is 0 Å². The van der Waals surface area contributed by atoms with Crippen LogP contribution in [0.25, 0.3) is 10.9 Å². The fourth-order valence-electron chi connectivity index (χ4n) is 2.29. The van der Waals surface area contributed by atoms with E-state index in [1.165, 1.54) is 0 Å². The van der Waals surface area contributed by atoms with E-state index in [-0.39, 0.29) is 18.2 Å². The molecule has 0 bridgehead atoms. The van der Waals surface area contributed by atoms with Crippen LogP contribution in [0.3, 0.4) is 0 Å². The fourth-order valence-corrected chi connectivity index (χ4v) is 2.29. The van der Waals surface area contributed by atoms with E-state index in [9.17, 15) is 9.59 Å². The van der Waals surface area contributed by atoms with Gasteiger partial charge >= 0.3 is 0 Å². The molecule has 3 N–H and O–H groups in total. The van der Waals surface area contributed by atoms with E-state index >= 15 is 0 Å². The number of carbonyl (C=O) groups is 2. The highest BCUT2D eigenvalue weighted by molar-refractivity contribution is 5.98. The summed E-state index contributed by atoms with van der Waals surface area (Å²) in [4.78, 5) is 22.8. The number of primary amides is 1. The SMILES string of the molecule is CCn1c(C(=O)NCCCC(N)=O)cc2ccccc21. The summed E-state index contributed by atoms with van der Waals surface area (Å²) in [5.41, 5.74) is 6.76. The molecule has 0 aliphatic rings. The van der Waals surface area contributed by atoms with Gasteiger partial charge in [-0.3, -0.25) is 9.59 Å². The summed E-state index contributed by atoms with van der Waals surface area (Å²) >= 11 is 0. The minimum absolute atomic E-state index is 0.118. The first-order valence-corrected chi connectivity index (χ1v) is 6.78. The number of hydrogen-bond acceptors (Lipinski definition) is 2. The second-order valence-corrected chi connectivity index (χ2v) is 4.66. The van der Waals surface area contributed by atoms with Crippen LogP contribution in [0.1, 0.15) is 30.3 Å². The van der Waals surface area contributed by atoms with E-state index in [0.717, 1.165) is 17.4 Å². The van der Waals surface area contributed by atoms with Gasteiger partial charge in [0.05, 0.1) is 0 Å². The fraction of sp³-hybridized carbons (Fsp3) is 0.333. The van der Waals surface area contributed by atoms with Gasteiger partial charge in [0.15, 0.2) is 0 Å². The number of benzene rings is 1. The third-order valence-corrected chi connectivity index (χ3v) is 3.24. The lowest BCUT2D eigenvalue weighted by molar-refractivity contribution is -0.118. The summed E-state index contributed by atoms with van der Waals surface area (Å²) < 4.78 is 1.98. The molecule has 20 heavy (non-hydrogen) atoms. The second kappa shape index (κ2) is 6.23. The summed E-state index contributed by atoms with van der Waals surface area (Å²) in [6.07, 6.45) is 0.852. The van der Waals surface area contributed by atoms with Crippen molar-refractivity contribution in [3.63, 3.8) is 0 Å². The summed E-state index contributed by atoms with van der Waals surface area (Å²) in [5.74, 6) is -0.463.